The molecule has 0 heterocycles. The van der Waals surface area contributed by atoms with Crippen molar-refractivity contribution in [2.24, 2.45) is 5.92 Å². The van der Waals surface area contributed by atoms with Gasteiger partial charge in [0.2, 0.25) is 0 Å². The summed E-state index contributed by atoms with van der Waals surface area (Å²) in [5.41, 5.74) is 0. The molecule has 1 fully saturated rings. The van der Waals surface area contributed by atoms with Crippen LogP contribution in [0.25, 0.3) is 0 Å². The van der Waals surface area contributed by atoms with Crippen molar-refractivity contribution in [2.45, 2.75) is 31.7 Å². The number of hydrogen-bond donors (Lipinski definition) is 1. The third-order valence-corrected chi connectivity index (χ3v) is 2.09. The summed E-state index contributed by atoms with van der Waals surface area (Å²) in [4.78, 5) is 0. The summed E-state index contributed by atoms with van der Waals surface area (Å²) >= 11 is 0. The van der Waals surface area contributed by atoms with Crippen LogP contribution in [0.4, 0.5) is 8.78 Å². The number of halogens is 2. The Morgan fingerprint density at radius 2 is 2.20 bits per heavy atom. The highest BCUT2D eigenvalue weighted by atomic mass is 19.3. The topological polar surface area (TPSA) is 12.0 Å². The number of rotatable bonds is 3. The largest absolute Gasteiger partial charge is 0.317 e. The van der Waals surface area contributed by atoms with E-state index in [2.05, 4.69) is 5.32 Å². The van der Waals surface area contributed by atoms with Gasteiger partial charge in [0.15, 0.2) is 0 Å². The Morgan fingerprint density at radius 3 is 2.50 bits per heavy atom. The van der Waals surface area contributed by atoms with Crippen molar-refractivity contribution < 1.29 is 8.78 Å². The lowest BCUT2D eigenvalue weighted by molar-refractivity contribution is 0.0951. The maximum Gasteiger partial charge on any atom is 0.251 e. The van der Waals surface area contributed by atoms with Crippen LogP contribution >= 0.6 is 0 Å². The van der Waals surface area contributed by atoms with Gasteiger partial charge in [-0.15, -0.1) is 0 Å². The van der Waals surface area contributed by atoms with E-state index in [1.165, 1.54) is 0 Å². The van der Waals surface area contributed by atoms with Gasteiger partial charge in [-0.25, -0.2) is 8.78 Å². The molecule has 3 heteroatoms. The highest BCUT2D eigenvalue weighted by molar-refractivity contribution is 4.96. The molecule has 0 aliphatic heterocycles. The lowest BCUT2D eigenvalue weighted by Gasteiger charge is -2.07. The van der Waals surface area contributed by atoms with Crippen LogP contribution in [-0.4, -0.2) is 19.0 Å². The molecule has 0 aromatic rings. The van der Waals surface area contributed by atoms with E-state index in [9.17, 15) is 8.78 Å². The lowest BCUT2D eigenvalue weighted by atomic mass is 10.2. The standard InChI is InChI=1S/C7H13F2N/c1-5(10-2)3-6-4-7(6,8)9/h5-6,10H,3-4H2,1-2H3. The van der Waals surface area contributed by atoms with E-state index in [1.54, 1.807) is 7.05 Å². The fourth-order valence-electron chi connectivity index (χ4n) is 1.07. The van der Waals surface area contributed by atoms with E-state index in [1.807, 2.05) is 6.92 Å². The van der Waals surface area contributed by atoms with E-state index in [0.29, 0.717) is 6.42 Å². The van der Waals surface area contributed by atoms with E-state index >= 15 is 0 Å². The Morgan fingerprint density at radius 1 is 1.70 bits per heavy atom. The number of alkyl halides is 2. The van der Waals surface area contributed by atoms with Gasteiger partial charge in [-0.3, -0.25) is 0 Å². The van der Waals surface area contributed by atoms with Crippen molar-refractivity contribution in [1.82, 2.24) is 5.32 Å². The molecule has 2 unspecified atom stereocenters. The molecule has 0 radical (unpaired) electrons. The van der Waals surface area contributed by atoms with E-state index < -0.39 is 5.92 Å². The molecule has 0 bridgehead atoms. The maximum atomic E-state index is 12.3. The summed E-state index contributed by atoms with van der Waals surface area (Å²) < 4.78 is 24.5. The second-order valence-corrected chi connectivity index (χ2v) is 3.09. The molecule has 1 aliphatic carbocycles. The molecule has 0 amide bonds. The van der Waals surface area contributed by atoms with Crippen LogP contribution in [0.3, 0.4) is 0 Å². The molecule has 0 aromatic heterocycles. The third-order valence-electron chi connectivity index (χ3n) is 2.09. The van der Waals surface area contributed by atoms with Crippen LogP contribution in [-0.2, 0) is 0 Å². The first-order valence-electron chi connectivity index (χ1n) is 3.61. The predicted octanol–water partition coefficient (Wildman–Crippen LogP) is 1.64. The molecular weight excluding hydrogens is 136 g/mol. The van der Waals surface area contributed by atoms with Gasteiger partial charge in [-0.1, -0.05) is 0 Å². The number of nitrogens with one attached hydrogen (secondary N) is 1. The smallest absolute Gasteiger partial charge is 0.251 e. The van der Waals surface area contributed by atoms with Crippen LogP contribution in [0.1, 0.15) is 19.8 Å². The van der Waals surface area contributed by atoms with Crippen LogP contribution in [0, 0.1) is 5.92 Å². The van der Waals surface area contributed by atoms with E-state index in [0.717, 1.165) is 0 Å². The van der Waals surface area contributed by atoms with Crippen LogP contribution in [0.2, 0.25) is 0 Å². The summed E-state index contributed by atoms with van der Waals surface area (Å²) in [5, 5.41) is 2.94. The minimum atomic E-state index is -2.34. The molecule has 1 N–H and O–H groups in total. The first-order chi connectivity index (χ1) is 4.56. The normalized spacial score (nSPS) is 31.8. The average Bonchev–Trinajstić information content (AvgIpc) is 2.40. The summed E-state index contributed by atoms with van der Waals surface area (Å²) in [6, 6.07) is 0.221. The minimum Gasteiger partial charge on any atom is -0.317 e. The van der Waals surface area contributed by atoms with Gasteiger partial charge >= 0.3 is 0 Å². The fourth-order valence-corrected chi connectivity index (χ4v) is 1.07. The molecule has 2 atom stereocenters. The minimum absolute atomic E-state index is 0.0962. The molecule has 10 heavy (non-hydrogen) atoms. The summed E-state index contributed by atoms with van der Waals surface area (Å²) in [5.74, 6) is -2.69. The molecule has 60 valence electrons. The maximum absolute atomic E-state index is 12.3. The van der Waals surface area contributed by atoms with Gasteiger partial charge in [0.25, 0.3) is 5.92 Å². The first kappa shape index (κ1) is 7.92. The fraction of sp³-hybridized carbons (Fsp3) is 1.00. The highest BCUT2D eigenvalue weighted by Gasteiger charge is 2.56. The van der Waals surface area contributed by atoms with Gasteiger partial charge < -0.3 is 5.32 Å². The molecular formula is C7H13F2N. The zero-order chi connectivity index (χ0) is 7.78. The molecule has 0 aromatic carbocycles. The SMILES string of the molecule is CNC(C)CC1CC1(F)F. The van der Waals surface area contributed by atoms with E-state index in [-0.39, 0.29) is 18.4 Å². The first-order valence-corrected chi connectivity index (χ1v) is 3.61. The predicted molar refractivity (Wildman–Crippen MR) is 36.2 cm³/mol. The Hall–Kier alpha value is -0.180. The summed E-state index contributed by atoms with van der Waals surface area (Å²) in [6.45, 7) is 1.92. The zero-order valence-electron chi connectivity index (χ0n) is 6.32. The Labute approximate surface area is 59.8 Å². The monoisotopic (exact) mass is 149 g/mol. The van der Waals surface area contributed by atoms with Crippen molar-refractivity contribution in [3.63, 3.8) is 0 Å². The van der Waals surface area contributed by atoms with Crippen molar-refractivity contribution in [1.29, 1.82) is 0 Å². The molecule has 1 nitrogen and oxygen atoms in total. The van der Waals surface area contributed by atoms with Crippen LogP contribution in [0.5, 0.6) is 0 Å². The second kappa shape index (κ2) is 2.46. The Balaban J connectivity index is 2.17. The zero-order valence-corrected chi connectivity index (χ0v) is 6.32. The average molecular weight is 149 g/mol. The van der Waals surface area contributed by atoms with Gasteiger partial charge in [0.1, 0.15) is 0 Å². The number of hydrogen-bond acceptors (Lipinski definition) is 1. The second-order valence-electron chi connectivity index (χ2n) is 3.09. The van der Waals surface area contributed by atoms with Crippen LogP contribution < -0.4 is 5.32 Å². The van der Waals surface area contributed by atoms with E-state index in [4.69, 9.17) is 0 Å². The van der Waals surface area contributed by atoms with Crippen molar-refractivity contribution in [2.75, 3.05) is 7.05 Å². The van der Waals surface area contributed by atoms with Crippen LogP contribution in [0.15, 0.2) is 0 Å². The third kappa shape index (κ3) is 1.66. The highest BCUT2D eigenvalue weighted by Crippen LogP contribution is 2.51. The summed E-state index contributed by atoms with van der Waals surface area (Å²) in [7, 11) is 1.80. The lowest BCUT2D eigenvalue weighted by Crippen LogP contribution is -2.22. The van der Waals surface area contributed by atoms with Gasteiger partial charge in [0, 0.05) is 18.4 Å². The summed E-state index contributed by atoms with van der Waals surface area (Å²) in [6.07, 6.45) is 0.697. The molecule has 1 aliphatic rings. The molecule has 0 saturated heterocycles. The van der Waals surface area contributed by atoms with Gasteiger partial charge in [0.05, 0.1) is 0 Å². The Bertz CT molecular complexity index is 125. The molecule has 1 rings (SSSR count). The van der Waals surface area contributed by atoms with Crippen molar-refractivity contribution in [3.8, 4) is 0 Å². The molecule has 0 spiro atoms. The van der Waals surface area contributed by atoms with Crippen molar-refractivity contribution >= 4 is 0 Å². The van der Waals surface area contributed by atoms with Gasteiger partial charge in [-0.05, 0) is 20.4 Å². The van der Waals surface area contributed by atoms with Gasteiger partial charge in [-0.2, -0.15) is 0 Å². The van der Waals surface area contributed by atoms with Crippen molar-refractivity contribution in [3.05, 3.63) is 0 Å². The quantitative estimate of drug-likeness (QED) is 0.643. The Kier molecular flexibility index (Phi) is 1.95. The molecule has 1 saturated carbocycles.